The van der Waals surface area contributed by atoms with Crippen LogP contribution in [0.1, 0.15) is 23.6 Å². The Balaban J connectivity index is 1.60. The maximum absolute atomic E-state index is 5.95. The molecule has 0 saturated heterocycles. The van der Waals surface area contributed by atoms with Gasteiger partial charge in [-0.15, -0.1) is 0 Å². The summed E-state index contributed by atoms with van der Waals surface area (Å²) in [4.78, 5) is 0. The highest BCUT2D eigenvalue weighted by molar-refractivity contribution is 5.80. The van der Waals surface area contributed by atoms with E-state index in [1.54, 1.807) is 20.4 Å². The fourth-order valence-electron chi connectivity index (χ4n) is 2.98. The fraction of sp³-hybridized carbons (Fsp3) is 0.240. The molecule has 6 heteroatoms. The zero-order valence-electron chi connectivity index (χ0n) is 18.1. The summed E-state index contributed by atoms with van der Waals surface area (Å²) in [5.41, 5.74) is 6.11. The lowest BCUT2D eigenvalue weighted by Crippen LogP contribution is -2.06. The van der Waals surface area contributed by atoms with E-state index in [0.29, 0.717) is 42.8 Å². The Morgan fingerprint density at radius 3 is 2.29 bits per heavy atom. The number of benzene rings is 3. The Kier molecular flexibility index (Phi) is 8.17. The van der Waals surface area contributed by atoms with Gasteiger partial charge in [-0.2, -0.15) is 5.10 Å². The van der Waals surface area contributed by atoms with E-state index in [1.807, 2.05) is 73.7 Å². The van der Waals surface area contributed by atoms with E-state index in [2.05, 4.69) is 10.5 Å². The summed E-state index contributed by atoms with van der Waals surface area (Å²) in [6.45, 7) is 3.56. The minimum atomic E-state index is 0.487. The van der Waals surface area contributed by atoms with Gasteiger partial charge in [0.1, 0.15) is 6.61 Å². The Bertz CT molecular complexity index is 990. The second-order valence-corrected chi connectivity index (χ2v) is 6.70. The molecule has 31 heavy (non-hydrogen) atoms. The first-order valence-corrected chi connectivity index (χ1v) is 10.1. The summed E-state index contributed by atoms with van der Waals surface area (Å²) in [5, 5.41) is 4.32. The average Bonchev–Trinajstić information content (AvgIpc) is 2.82. The third-order valence-corrected chi connectivity index (χ3v) is 4.54. The first-order valence-electron chi connectivity index (χ1n) is 10.1. The molecule has 0 unspecified atom stereocenters. The van der Waals surface area contributed by atoms with Gasteiger partial charge < -0.3 is 24.4 Å². The van der Waals surface area contributed by atoms with Gasteiger partial charge in [-0.3, -0.25) is 0 Å². The minimum Gasteiger partial charge on any atom is -0.493 e. The summed E-state index contributed by atoms with van der Waals surface area (Å²) in [6.07, 6.45) is 1.75. The molecule has 0 bridgehead atoms. The number of ether oxygens (including phenoxy) is 4. The van der Waals surface area contributed by atoms with E-state index in [4.69, 9.17) is 18.9 Å². The SMILES string of the molecule is CCOc1cc(/C=N\NCc2ccc(OC)c(OC)c2)ccc1OCc1ccccc1. The molecule has 0 saturated carbocycles. The third kappa shape index (κ3) is 6.40. The van der Waals surface area contributed by atoms with E-state index in [1.165, 1.54) is 0 Å². The van der Waals surface area contributed by atoms with Gasteiger partial charge in [0.2, 0.25) is 0 Å². The summed E-state index contributed by atoms with van der Waals surface area (Å²) in [5.74, 6) is 2.80. The molecule has 162 valence electrons. The van der Waals surface area contributed by atoms with E-state index in [9.17, 15) is 0 Å². The highest BCUT2D eigenvalue weighted by Crippen LogP contribution is 2.29. The van der Waals surface area contributed by atoms with Gasteiger partial charge in [0.15, 0.2) is 23.0 Å². The molecule has 3 aromatic rings. The van der Waals surface area contributed by atoms with Crippen LogP contribution >= 0.6 is 0 Å². The fourth-order valence-corrected chi connectivity index (χ4v) is 2.98. The lowest BCUT2D eigenvalue weighted by atomic mass is 10.2. The second-order valence-electron chi connectivity index (χ2n) is 6.70. The van der Waals surface area contributed by atoms with Crippen molar-refractivity contribution in [2.24, 2.45) is 5.10 Å². The molecule has 0 heterocycles. The molecule has 6 nitrogen and oxygen atoms in total. The molecular formula is C25H28N2O4. The topological polar surface area (TPSA) is 61.3 Å². The van der Waals surface area contributed by atoms with Gasteiger partial charge in [0, 0.05) is 0 Å². The summed E-state index contributed by atoms with van der Waals surface area (Å²) >= 11 is 0. The quantitative estimate of drug-likeness (QED) is 0.356. The van der Waals surface area contributed by atoms with E-state index < -0.39 is 0 Å². The molecule has 0 atom stereocenters. The van der Waals surface area contributed by atoms with Gasteiger partial charge in [-0.05, 0) is 53.9 Å². The van der Waals surface area contributed by atoms with Crippen LogP contribution in [-0.2, 0) is 13.2 Å². The van der Waals surface area contributed by atoms with Crippen LogP contribution in [-0.4, -0.2) is 27.0 Å². The van der Waals surface area contributed by atoms with Crippen LogP contribution in [0.3, 0.4) is 0 Å². The normalized spacial score (nSPS) is 10.7. The van der Waals surface area contributed by atoms with E-state index >= 15 is 0 Å². The molecule has 0 aliphatic carbocycles. The van der Waals surface area contributed by atoms with Crippen molar-refractivity contribution in [1.29, 1.82) is 0 Å². The Morgan fingerprint density at radius 1 is 0.774 bits per heavy atom. The highest BCUT2D eigenvalue weighted by atomic mass is 16.5. The number of nitrogens with one attached hydrogen (secondary N) is 1. The van der Waals surface area contributed by atoms with Gasteiger partial charge >= 0.3 is 0 Å². The molecule has 3 aromatic carbocycles. The maximum Gasteiger partial charge on any atom is 0.161 e. The van der Waals surface area contributed by atoms with Crippen LogP contribution < -0.4 is 24.4 Å². The van der Waals surface area contributed by atoms with Crippen LogP contribution in [0.15, 0.2) is 71.8 Å². The molecule has 0 fully saturated rings. The maximum atomic E-state index is 5.95. The number of methoxy groups -OCH3 is 2. The van der Waals surface area contributed by atoms with Crippen LogP contribution in [0.25, 0.3) is 0 Å². The lowest BCUT2D eigenvalue weighted by molar-refractivity contribution is 0.269. The zero-order chi connectivity index (χ0) is 21.9. The standard InChI is InChI=1S/C25H28N2O4/c1-4-30-25-15-21(11-13-23(25)31-18-19-8-6-5-7-9-19)17-27-26-16-20-10-12-22(28-2)24(14-20)29-3/h5-15,17,26H,4,16,18H2,1-3H3/b27-17-. The Labute approximate surface area is 183 Å². The summed E-state index contributed by atoms with van der Waals surface area (Å²) < 4.78 is 22.3. The van der Waals surface area contributed by atoms with Crippen molar-refractivity contribution in [3.05, 3.63) is 83.4 Å². The number of nitrogens with zero attached hydrogens (tertiary/aromatic N) is 1. The van der Waals surface area contributed by atoms with Crippen LogP contribution in [0, 0.1) is 0 Å². The molecule has 0 aliphatic heterocycles. The average molecular weight is 421 g/mol. The minimum absolute atomic E-state index is 0.487. The number of hydrazone groups is 1. The van der Waals surface area contributed by atoms with Crippen molar-refractivity contribution in [1.82, 2.24) is 5.43 Å². The van der Waals surface area contributed by atoms with Crippen molar-refractivity contribution >= 4 is 6.21 Å². The van der Waals surface area contributed by atoms with E-state index in [0.717, 1.165) is 16.7 Å². The smallest absolute Gasteiger partial charge is 0.161 e. The van der Waals surface area contributed by atoms with Crippen molar-refractivity contribution in [2.75, 3.05) is 20.8 Å². The highest BCUT2D eigenvalue weighted by Gasteiger charge is 2.07. The number of hydrogen-bond donors (Lipinski definition) is 1. The van der Waals surface area contributed by atoms with Gasteiger partial charge in [0.25, 0.3) is 0 Å². The first kappa shape index (κ1) is 22.0. The molecule has 0 spiro atoms. The van der Waals surface area contributed by atoms with Crippen LogP contribution in [0.2, 0.25) is 0 Å². The molecule has 1 N–H and O–H groups in total. The molecule has 0 aliphatic rings. The van der Waals surface area contributed by atoms with Crippen molar-refractivity contribution < 1.29 is 18.9 Å². The van der Waals surface area contributed by atoms with Crippen molar-refractivity contribution in [3.8, 4) is 23.0 Å². The number of hydrogen-bond acceptors (Lipinski definition) is 6. The van der Waals surface area contributed by atoms with Gasteiger partial charge in [0.05, 0.1) is 33.6 Å². The van der Waals surface area contributed by atoms with Crippen LogP contribution in [0.4, 0.5) is 0 Å². The molecule has 3 rings (SSSR count). The molecule has 0 amide bonds. The second kappa shape index (κ2) is 11.5. The molecule has 0 radical (unpaired) electrons. The van der Waals surface area contributed by atoms with Gasteiger partial charge in [-0.25, -0.2) is 0 Å². The largest absolute Gasteiger partial charge is 0.493 e. The number of rotatable bonds is 11. The Morgan fingerprint density at radius 2 is 1.55 bits per heavy atom. The third-order valence-electron chi connectivity index (χ3n) is 4.54. The van der Waals surface area contributed by atoms with Gasteiger partial charge in [-0.1, -0.05) is 36.4 Å². The zero-order valence-corrected chi connectivity index (χ0v) is 18.1. The summed E-state index contributed by atoms with van der Waals surface area (Å²) in [6, 6.07) is 21.6. The lowest BCUT2D eigenvalue weighted by Gasteiger charge is -2.12. The van der Waals surface area contributed by atoms with Crippen molar-refractivity contribution in [2.45, 2.75) is 20.1 Å². The van der Waals surface area contributed by atoms with Crippen molar-refractivity contribution in [3.63, 3.8) is 0 Å². The Hall–Kier alpha value is -3.67. The molecule has 0 aromatic heterocycles. The predicted octanol–water partition coefficient (Wildman–Crippen LogP) is 4.81. The first-order chi connectivity index (χ1) is 15.2. The van der Waals surface area contributed by atoms with Crippen LogP contribution in [0.5, 0.6) is 23.0 Å². The molecular weight excluding hydrogens is 392 g/mol. The predicted molar refractivity (Wildman–Crippen MR) is 122 cm³/mol. The van der Waals surface area contributed by atoms with E-state index in [-0.39, 0.29) is 0 Å². The summed E-state index contributed by atoms with van der Waals surface area (Å²) in [7, 11) is 3.24. The monoisotopic (exact) mass is 420 g/mol.